The van der Waals surface area contributed by atoms with Gasteiger partial charge in [0, 0.05) is 34.0 Å². The van der Waals surface area contributed by atoms with E-state index in [-0.39, 0.29) is 17.6 Å². The standard InChI is InChI=1S/C17H17NO3S/c1-2-21-17(20)9-13(16-4-3-7-22-16)14-10-18-15-8-11(19)5-6-12(14)15/h3-8,10,13,18-19H,2,9H2,1H3. The van der Waals surface area contributed by atoms with Crippen molar-refractivity contribution in [2.75, 3.05) is 6.61 Å². The van der Waals surface area contributed by atoms with Gasteiger partial charge in [-0.05, 0) is 36.1 Å². The molecule has 0 amide bonds. The maximum absolute atomic E-state index is 12.0. The fourth-order valence-electron chi connectivity index (χ4n) is 2.66. The summed E-state index contributed by atoms with van der Waals surface area (Å²) in [7, 11) is 0. The summed E-state index contributed by atoms with van der Waals surface area (Å²) >= 11 is 1.63. The first-order valence-electron chi connectivity index (χ1n) is 7.18. The first-order valence-corrected chi connectivity index (χ1v) is 8.06. The Hall–Kier alpha value is -2.27. The van der Waals surface area contributed by atoms with Crippen molar-refractivity contribution < 1.29 is 14.6 Å². The van der Waals surface area contributed by atoms with E-state index in [1.807, 2.05) is 36.7 Å². The minimum atomic E-state index is -0.200. The molecular formula is C17H17NO3S. The van der Waals surface area contributed by atoms with Crippen LogP contribution in [0.25, 0.3) is 10.9 Å². The Kier molecular flexibility index (Phi) is 4.15. The first kappa shape index (κ1) is 14.7. The SMILES string of the molecule is CCOC(=O)CC(c1cccs1)c1c[nH]c2cc(O)ccc12. The molecule has 3 aromatic rings. The summed E-state index contributed by atoms with van der Waals surface area (Å²) in [4.78, 5) is 16.3. The van der Waals surface area contributed by atoms with Gasteiger partial charge in [0.05, 0.1) is 13.0 Å². The summed E-state index contributed by atoms with van der Waals surface area (Å²) in [5, 5.41) is 12.6. The van der Waals surface area contributed by atoms with Crippen molar-refractivity contribution in [2.24, 2.45) is 0 Å². The lowest BCUT2D eigenvalue weighted by Crippen LogP contribution is -2.10. The smallest absolute Gasteiger partial charge is 0.306 e. The van der Waals surface area contributed by atoms with Gasteiger partial charge in [-0.3, -0.25) is 4.79 Å². The van der Waals surface area contributed by atoms with E-state index in [1.54, 1.807) is 23.5 Å². The molecule has 0 spiro atoms. The van der Waals surface area contributed by atoms with Gasteiger partial charge in [-0.1, -0.05) is 6.07 Å². The maximum Gasteiger partial charge on any atom is 0.306 e. The highest BCUT2D eigenvalue weighted by Gasteiger charge is 2.23. The predicted octanol–water partition coefficient (Wildman–Crippen LogP) is 4.02. The normalized spacial score (nSPS) is 12.4. The van der Waals surface area contributed by atoms with Crippen LogP contribution in [0, 0.1) is 0 Å². The van der Waals surface area contributed by atoms with Crippen LogP contribution >= 0.6 is 11.3 Å². The van der Waals surface area contributed by atoms with Gasteiger partial charge in [-0.2, -0.15) is 0 Å². The van der Waals surface area contributed by atoms with Crippen LogP contribution < -0.4 is 0 Å². The average Bonchev–Trinajstić information content (AvgIpc) is 3.14. The van der Waals surface area contributed by atoms with Gasteiger partial charge >= 0.3 is 5.97 Å². The monoisotopic (exact) mass is 315 g/mol. The number of thiophene rings is 1. The predicted molar refractivity (Wildman–Crippen MR) is 87.4 cm³/mol. The van der Waals surface area contributed by atoms with Crippen molar-refractivity contribution in [1.29, 1.82) is 0 Å². The van der Waals surface area contributed by atoms with E-state index in [4.69, 9.17) is 4.74 Å². The fraction of sp³-hybridized carbons (Fsp3) is 0.235. The molecule has 2 N–H and O–H groups in total. The molecule has 3 rings (SSSR count). The van der Waals surface area contributed by atoms with E-state index in [1.165, 1.54) is 0 Å². The third-order valence-corrected chi connectivity index (χ3v) is 4.62. The Labute approximate surface area is 132 Å². The van der Waals surface area contributed by atoms with E-state index in [0.29, 0.717) is 13.0 Å². The Morgan fingerprint density at radius 3 is 3.00 bits per heavy atom. The molecule has 0 aliphatic carbocycles. The zero-order valence-electron chi connectivity index (χ0n) is 12.2. The number of phenols is 1. The highest BCUT2D eigenvalue weighted by molar-refractivity contribution is 7.10. The molecule has 5 heteroatoms. The molecular weight excluding hydrogens is 298 g/mol. The van der Waals surface area contributed by atoms with Gasteiger partial charge in [0.25, 0.3) is 0 Å². The summed E-state index contributed by atoms with van der Waals surface area (Å²) in [6.45, 7) is 2.20. The first-order chi connectivity index (χ1) is 10.7. The van der Waals surface area contributed by atoms with Crippen LogP contribution in [0.2, 0.25) is 0 Å². The van der Waals surface area contributed by atoms with E-state index in [0.717, 1.165) is 21.3 Å². The molecule has 1 unspecified atom stereocenters. The summed E-state index contributed by atoms with van der Waals surface area (Å²) in [6, 6.07) is 9.25. The van der Waals surface area contributed by atoms with Crippen molar-refractivity contribution in [1.82, 2.24) is 4.98 Å². The number of carbonyl (C=O) groups excluding carboxylic acids is 1. The number of aromatic hydroxyl groups is 1. The van der Waals surface area contributed by atoms with Gasteiger partial charge in [-0.25, -0.2) is 0 Å². The molecule has 0 aliphatic heterocycles. The minimum Gasteiger partial charge on any atom is -0.508 e. The van der Waals surface area contributed by atoms with Crippen LogP contribution in [-0.4, -0.2) is 22.7 Å². The van der Waals surface area contributed by atoms with Gasteiger partial charge < -0.3 is 14.8 Å². The number of aromatic nitrogens is 1. The minimum absolute atomic E-state index is 0.0441. The number of rotatable bonds is 5. The van der Waals surface area contributed by atoms with E-state index < -0.39 is 0 Å². The Morgan fingerprint density at radius 2 is 2.27 bits per heavy atom. The summed E-state index contributed by atoms with van der Waals surface area (Å²) in [5.74, 6) is -0.0228. The molecule has 0 aliphatic rings. The molecule has 0 saturated heterocycles. The van der Waals surface area contributed by atoms with Gasteiger partial charge in [-0.15, -0.1) is 11.3 Å². The zero-order chi connectivity index (χ0) is 15.5. The Bertz CT molecular complexity index is 776. The number of ether oxygens (including phenoxy) is 1. The Balaban J connectivity index is 2.02. The van der Waals surface area contributed by atoms with Crippen LogP contribution in [-0.2, 0) is 9.53 Å². The van der Waals surface area contributed by atoms with Crippen LogP contribution in [0.1, 0.15) is 29.7 Å². The number of carbonyl (C=O) groups is 1. The number of nitrogens with one attached hydrogen (secondary N) is 1. The lowest BCUT2D eigenvalue weighted by atomic mass is 9.93. The molecule has 0 bridgehead atoms. The lowest BCUT2D eigenvalue weighted by Gasteiger charge is -2.14. The molecule has 0 fully saturated rings. The van der Waals surface area contributed by atoms with E-state index in [9.17, 15) is 9.90 Å². The highest BCUT2D eigenvalue weighted by atomic mass is 32.1. The van der Waals surface area contributed by atoms with Gasteiger partial charge in [0.2, 0.25) is 0 Å². The third-order valence-electron chi connectivity index (χ3n) is 3.64. The lowest BCUT2D eigenvalue weighted by molar-refractivity contribution is -0.143. The van der Waals surface area contributed by atoms with Crippen LogP contribution in [0.4, 0.5) is 0 Å². The molecule has 1 aromatic carbocycles. The number of H-pyrrole nitrogens is 1. The molecule has 0 saturated carbocycles. The fourth-order valence-corrected chi connectivity index (χ4v) is 3.51. The molecule has 1 atom stereocenters. The van der Waals surface area contributed by atoms with Gasteiger partial charge in [0.1, 0.15) is 5.75 Å². The van der Waals surface area contributed by atoms with Crippen molar-refractivity contribution in [3.8, 4) is 5.75 Å². The maximum atomic E-state index is 12.0. The number of esters is 1. The van der Waals surface area contributed by atoms with Crippen molar-refractivity contribution >= 4 is 28.2 Å². The quantitative estimate of drug-likeness (QED) is 0.699. The summed E-state index contributed by atoms with van der Waals surface area (Å²) in [6.07, 6.45) is 2.22. The summed E-state index contributed by atoms with van der Waals surface area (Å²) in [5.41, 5.74) is 1.91. The van der Waals surface area contributed by atoms with Crippen molar-refractivity contribution in [3.05, 3.63) is 52.3 Å². The number of hydrogen-bond acceptors (Lipinski definition) is 4. The molecule has 4 nitrogen and oxygen atoms in total. The number of hydrogen-bond donors (Lipinski definition) is 2. The zero-order valence-corrected chi connectivity index (χ0v) is 13.0. The average molecular weight is 315 g/mol. The number of benzene rings is 1. The van der Waals surface area contributed by atoms with Crippen molar-refractivity contribution in [3.63, 3.8) is 0 Å². The summed E-state index contributed by atoms with van der Waals surface area (Å²) < 4.78 is 5.12. The second-order valence-corrected chi connectivity index (χ2v) is 6.03. The second kappa shape index (κ2) is 6.23. The van der Waals surface area contributed by atoms with E-state index in [2.05, 4.69) is 4.98 Å². The molecule has 2 aromatic heterocycles. The van der Waals surface area contributed by atoms with Crippen LogP contribution in [0.3, 0.4) is 0 Å². The number of fused-ring (bicyclic) bond motifs is 1. The molecule has 114 valence electrons. The molecule has 22 heavy (non-hydrogen) atoms. The van der Waals surface area contributed by atoms with E-state index >= 15 is 0 Å². The second-order valence-electron chi connectivity index (χ2n) is 5.05. The third kappa shape index (κ3) is 2.85. The largest absolute Gasteiger partial charge is 0.508 e. The van der Waals surface area contributed by atoms with Crippen LogP contribution in [0.15, 0.2) is 41.9 Å². The molecule has 0 radical (unpaired) electrons. The number of aromatic amines is 1. The van der Waals surface area contributed by atoms with Crippen LogP contribution in [0.5, 0.6) is 5.75 Å². The topological polar surface area (TPSA) is 62.3 Å². The van der Waals surface area contributed by atoms with Gasteiger partial charge in [0.15, 0.2) is 0 Å². The van der Waals surface area contributed by atoms with Crippen molar-refractivity contribution in [2.45, 2.75) is 19.3 Å². The molecule has 2 heterocycles. The Morgan fingerprint density at radius 1 is 1.41 bits per heavy atom. The number of phenolic OH excluding ortho intramolecular Hbond substituents is 1. The highest BCUT2D eigenvalue weighted by Crippen LogP contribution is 2.36.